The molecular formula is C16H20Cl2N2O3S. The van der Waals surface area contributed by atoms with Gasteiger partial charge in [-0.2, -0.15) is 0 Å². The standard InChI is InChI=1S/C16H20Cl2N2O3S/c1-3-20(4-2)14(15-9-6-10-23-15)11-19-24(21,22)16-12(17)7-5-8-13(16)18/h5-10,14,19H,3-4,11H2,1-2H3. The third kappa shape index (κ3) is 4.32. The largest absolute Gasteiger partial charge is 0.468 e. The van der Waals surface area contributed by atoms with Gasteiger partial charge in [-0.25, -0.2) is 13.1 Å². The number of sulfonamides is 1. The summed E-state index contributed by atoms with van der Waals surface area (Å²) in [4.78, 5) is 2.00. The number of rotatable bonds is 8. The molecule has 1 heterocycles. The molecule has 1 unspecified atom stereocenters. The predicted octanol–water partition coefficient (Wildman–Crippen LogP) is 3.95. The van der Waals surface area contributed by atoms with Crippen LogP contribution in [0.1, 0.15) is 25.6 Å². The molecule has 0 aliphatic heterocycles. The van der Waals surface area contributed by atoms with Crippen LogP contribution in [0.5, 0.6) is 0 Å². The Morgan fingerprint density at radius 3 is 2.25 bits per heavy atom. The lowest BCUT2D eigenvalue weighted by atomic mass is 10.2. The SMILES string of the molecule is CCN(CC)C(CNS(=O)(=O)c1c(Cl)cccc1Cl)c1ccco1. The molecule has 1 aromatic heterocycles. The Labute approximate surface area is 152 Å². The number of nitrogens with one attached hydrogen (secondary N) is 1. The molecule has 0 aliphatic carbocycles. The molecule has 1 aromatic carbocycles. The first kappa shape index (κ1) is 19.3. The van der Waals surface area contributed by atoms with Crippen LogP contribution in [0.4, 0.5) is 0 Å². The van der Waals surface area contributed by atoms with Crippen LogP contribution in [-0.2, 0) is 10.0 Å². The third-order valence-electron chi connectivity index (χ3n) is 3.78. The molecule has 24 heavy (non-hydrogen) atoms. The summed E-state index contributed by atoms with van der Waals surface area (Å²) in [5, 5.41) is 0.180. The smallest absolute Gasteiger partial charge is 0.243 e. The van der Waals surface area contributed by atoms with Crippen molar-refractivity contribution in [3.05, 3.63) is 52.4 Å². The first-order valence-corrected chi connectivity index (χ1v) is 9.85. The third-order valence-corrected chi connectivity index (χ3v) is 6.16. The van der Waals surface area contributed by atoms with Crippen LogP contribution >= 0.6 is 23.2 Å². The molecule has 2 rings (SSSR count). The van der Waals surface area contributed by atoms with Crippen LogP contribution in [0.3, 0.4) is 0 Å². The molecule has 0 saturated heterocycles. The lowest BCUT2D eigenvalue weighted by Crippen LogP contribution is -2.38. The molecule has 0 radical (unpaired) electrons. The van der Waals surface area contributed by atoms with Crippen molar-refractivity contribution in [1.82, 2.24) is 9.62 Å². The molecule has 0 spiro atoms. The average Bonchev–Trinajstić information content (AvgIpc) is 3.05. The van der Waals surface area contributed by atoms with Crippen molar-refractivity contribution in [3.8, 4) is 0 Å². The van der Waals surface area contributed by atoms with Gasteiger partial charge in [0, 0.05) is 6.54 Å². The van der Waals surface area contributed by atoms with Crippen molar-refractivity contribution < 1.29 is 12.8 Å². The topological polar surface area (TPSA) is 62.6 Å². The molecule has 8 heteroatoms. The molecular weight excluding hydrogens is 371 g/mol. The van der Waals surface area contributed by atoms with Gasteiger partial charge in [0.15, 0.2) is 0 Å². The second-order valence-electron chi connectivity index (χ2n) is 5.16. The second kappa shape index (κ2) is 8.36. The van der Waals surface area contributed by atoms with Crippen molar-refractivity contribution in [2.75, 3.05) is 19.6 Å². The number of hydrogen-bond acceptors (Lipinski definition) is 4. The van der Waals surface area contributed by atoms with E-state index >= 15 is 0 Å². The van der Waals surface area contributed by atoms with Crippen LogP contribution in [0.25, 0.3) is 0 Å². The van der Waals surface area contributed by atoms with Crippen molar-refractivity contribution >= 4 is 33.2 Å². The summed E-state index contributed by atoms with van der Waals surface area (Å²) in [7, 11) is -3.84. The Kier molecular flexibility index (Phi) is 6.71. The first-order valence-electron chi connectivity index (χ1n) is 7.61. The minimum Gasteiger partial charge on any atom is -0.468 e. The Balaban J connectivity index is 2.25. The normalized spacial score (nSPS) is 13.4. The van der Waals surface area contributed by atoms with E-state index in [1.165, 1.54) is 12.1 Å². The van der Waals surface area contributed by atoms with E-state index in [9.17, 15) is 8.42 Å². The summed E-state index contributed by atoms with van der Waals surface area (Å²) >= 11 is 12.0. The van der Waals surface area contributed by atoms with E-state index in [0.29, 0.717) is 5.76 Å². The number of hydrogen-bond donors (Lipinski definition) is 1. The fourth-order valence-corrected chi connectivity index (χ4v) is 4.73. The Morgan fingerprint density at radius 1 is 1.12 bits per heavy atom. The van der Waals surface area contributed by atoms with Crippen LogP contribution < -0.4 is 4.72 Å². The van der Waals surface area contributed by atoms with Crippen molar-refractivity contribution in [2.45, 2.75) is 24.8 Å². The summed E-state index contributed by atoms with van der Waals surface area (Å²) in [6, 6.07) is 7.99. The molecule has 0 amide bonds. The Hall–Kier alpha value is -1.05. The van der Waals surface area contributed by atoms with Gasteiger partial charge < -0.3 is 4.42 Å². The van der Waals surface area contributed by atoms with Crippen molar-refractivity contribution in [1.29, 1.82) is 0 Å². The maximum atomic E-state index is 12.6. The van der Waals surface area contributed by atoms with Gasteiger partial charge in [-0.1, -0.05) is 43.1 Å². The van der Waals surface area contributed by atoms with E-state index in [2.05, 4.69) is 9.62 Å². The van der Waals surface area contributed by atoms with E-state index in [1.54, 1.807) is 18.4 Å². The quantitative estimate of drug-likeness (QED) is 0.740. The maximum absolute atomic E-state index is 12.6. The molecule has 0 aliphatic rings. The lowest BCUT2D eigenvalue weighted by molar-refractivity contribution is 0.194. The molecule has 5 nitrogen and oxygen atoms in total. The molecule has 0 bridgehead atoms. The first-order chi connectivity index (χ1) is 11.4. The van der Waals surface area contributed by atoms with Gasteiger partial charge in [0.1, 0.15) is 10.7 Å². The molecule has 1 atom stereocenters. The fourth-order valence-electron chi connectivity index (χ4n) is 2.55. The summed E-state index contributed by atoms with van der Waals surface area (Å²) in [5.74, 6) is 0.701. The highest BCUT2D eigenvalue weighted by molar-refractivity contribution is 7.89. The van der Waals surface area contributed by atoms with E-state index < -0.39 is 10.0 Å². The van der Waals surface area contributed by atoms with Crippen LogP contribution in [0.2, 0.25) is 10.0 Å². The summed E-state index contributed by atoms with van der Waals surface area (Å²) in [5.41, 5.74) is 0. The van der Waals surface area contributed by atoms with Gasteiger partial charge in [0.05, 0.1) is 22.4 Å². The molecule has 2 aromatic rings. The summed E-state index contributed by atoms with van der Waals surface area (Å²) < 4.78 is 33.3. The number of halogens is 2. The van der Waals surface area contributed by atoms with E-state index in [1.807, 2.05) is 19.9 Å². The number of likely N-dealkylation sites (N-methyl/N-ethyl adjacent to an activating group) is 1. The van der Waals surface area contributed by atoms with E-state index in [-0.39, 0.29) is 27.5 Å². The minimum absolute atomic E-state index is 0.0902. The van der Waals surface area contributed by atoms with Gasteiger partial charge >= 0.3 is 0 Å². The van der Waals surface area contributed by atoms with E-state index in [4.69, 9.17) is 27.6 Å². The molecule has 132 valence electrons. The van der Waals surface area contributed by atoms with Crippen LogP contribution in [0, 0.1) is 0 Å². The highest BCUT2D eigenvalue weighted by Gasteiger charge is 2.26. The maximum Gasteiger partial charge on any atom is 0.243 e. The zero-order valence-corrected chi connectivity index (χ0v) is 15.8. The number of benzene rings is 1. The average molecular weight is 391 g/mol. The predicted molar refractivity (Wildman–Crippen MR) is 96.0 cm³/mol. The van der Waals surface area contributed by atoms with Crippen molar-refractivity contribution in [2.24, 2.45) is 0 Å². The Morgan fingerprint density at radius 2 is 1.75 bits per heavy atom. The zero-order valence-electron chi connectivity index (χ0n) is 13.5. The lowest BCUT2D eigenvalue weighted by Gasteiger charge is -2.28. The van der Waals surface area contributed by atoms with Gasteiger partial charge in [-0.05, 0) is 37.4 Å². The fraction of sp³-hybridized carbons (Fsp3) is 0.375. The molecule has 1 N–H and O–H groups in total. The van der Waals surface area contributed by atoms with Crippen molar-refractivity contribution in [3.63, 3.8) is 0 Å². The Bertz CT molecular complexity index is 739. The number of nitrogens with zero attached hydrogens (tertiary/aromatic N) is 1. The van der Waals surface area contributed by atoms with E-state index in [0.717, 1.165) is 13.1 Å². The van der Waals surface area contributed by atoms with Gasteiger partial charge in [0.2, 0.25) is 10.0 Å². The monoisotopic (exact) mass is 390 g/mol. The van der Waals surface area contributed by atoms with Crippen LogP contribution in [0.15, 0.2) is 45.9 Å². The molecule has 0 saturated carbocycles. The highest BCUT2D eigenvalue weighted by atomic mass is 35.5. The number of furan rings is 1. The summed E-state index contributed by atoms with van der Waals surface area (Å²) in [6.07, 6.45) is 1.57. The van der Waals surface area contributed by atoms with Crippen LogP contribution in [-0.4, -0.2) is 33.0 Å². The molecule has 0 fully saturated rings. The van der Waals surface area contributed by atoms with Gasteiger partial charge in [0.25, 0.3) is 0 Å². The zero-order chi connectivity index (χ0) is 17.7. The minimum atomic E-state index is -3.84. The summed E-state index contributed by atoms with van der Waals surface area (Å²) in [6.45, 7) is 5.70. The second-order valence-corrected chi connectivity index (χ2v) is 7.67. The van der Waals surface area contributed by atoms with Gasteiger partial charge in [-0.3, -0.25) is 4.90 Å². The van der Waals surface area contributed by atoms with Gasteiger partial charge in [-0.15, -0.1) is 0 Å². The highest BCUT2D eigenvalue weighted by Crippen LogP contribution is 2.29.